The van der Waals surface area contributed by atoms with Gasteiger partial charge in [-0.2, -0.15) is 5.10 Å². The summed E-state index contributed by atoms with van der Waals surface area (Å²) in [4.78, 5) is 23.9. The number of hydrogen-bond acceptors (Lipinski definition) is 8. The van der Waals surface area contributed by atoms with E-state index >= 15 is 0 Å². The van der Waals surface area contributed by atoms with Crippen molar-refractivity contribution in [1.29, 1.82) is 0 Å². The van der Waals surface area contributed by atoms with Crippen molar-refractivity contribution in [1.82, 2.24) is 20.2 Å². The van der Waals surface area contributed by atoms with Gasteiger partial charge in [-0.05, 0) is 54.1 Å². The minimum absolute atomic E-state index is 0.0895. The van der Waals surface area contributed by atoms with Crippen LogP contribution in [0.4, 0.5) is 0 Å². The summed E-state index contributed by atoms with van der Waals surface area (Å²) in [5.41, 5.74) is 5.42. The number of benzene rings is 3. The molecule has 1 amide bonds. The van der Waals surface area contributed by atoms with Gasteiger partial charge in [0.15, 0.2) is 11.0 Å². The van der Waals surface area contributed by atoms with Crippen LogP contribution >= 0.6 is 11.8 Å². The Bertz CT molecular complexity index is 1350. The minimum Gasteiger partial charge on any atom is -0.497 e. The van der Waals surface area contributed by atoms with Gasteiger partial charge in [-0.25, -0.2) is 10.2 Å². The van der Waals surface area contributed by atoms with Crippen LogP contribution < -0.4 is 10.2 Å². The number of aromatic nitrogens is 3. The van der Waals surface area contributed by atoms with Crippen molar-refractivity contribution in [2.45, 2.75) is 5.16 Å². The number of carbonyl (C=O) groups excluding carboxylic acids is 2. The summed E-state index contributed by atoms with van der Waals surface area (Å²) in [6.45, 7) is 0. The zero-order chi connectivity index (χ0) is 25.3. The lowest BCUT2D eigenvalue weighted by atomic mass is 10.1. The van der Waals surface area contributed by atoms with Crippen LogP contribution in [0.5, 0.6) is 5.75 Å². The van der Waals surface area contributed by atoms with Gasteiger partial charge in [0.05, 0.1) is 31.8 Å². The Morgan fingerprint density at radius 3 is 2.36 bits per heavy atom. The first-order chi connectivity index (χ1) is 17.6. The number of methoxy groups -OCH3 is 2. The molecule has 4 rings (SSSR count). The standard InChI is InChI=1S/C26H23N5O4S/c1-34-22-14-12-19(13-15-22)24-29-30-26(31(24)21-6-4-3-5-7-21)36-17-23(32)28-27-16-18-8-10-20(11-9-18)25(33)35-2/h3-16H,17H2,1-2H3,(H,28,32). The first-order valence-corrected chi connectivity index (χ1v) is 11.9. The fraction of sp³-hybridized carbons (Fsp3) is 0.115. The van der Waals surface area contributed by atoms with Crippen LogP contribution in [0.1, 0.15) is 15.9 Å². The highest BCUT2D eigenvalue weighted by Gasteiger charge is 2.17. The molecule has 0 saturated heterocycles. The molecular formula is C26H23N5O4S. The minimum atomic E-state index is -0.415. The zero-order valence-electron chi connectivity index (χ0n) is 19.6. The molecule has 0 spiro atoms. The summed E-state index contributed by atoms with van der Waals surface area (Å²) >= 11 is 1.25. The van der Waals surface area contributed by atoms with Gasteiger partial charge in [0, 0.05) is 11.3 Å². The van der Waals surface area contributed by atoms with E-state index in [0.717, 1.165) is 22.6 Å². The summed E-state index contributed by atoms with van der Waals surface area (Å²) in [5, 5.41) is 13.3. The van der Waals surface area contributed by atoms with Gasteiger partial charge in [0.2, 0.25) is 0 Å². The zero-order valence-corrected chi connectivity index (χ0v) is 20.4. The Morgan fingerprint density at radius 2 is 1.69 bits per heavy atom. The van der Waals surface area contributed by atoms with Crippen molar-refractivity contribution in [3.63, 3.8) is 0 Å². The van der Waals surface area contributed by atoms with Crippen LogP contribution in [0.15, 0.2) is 89.1 Å². The number of nitrogens with zero attached hydrogens (tertiary/aromatic N) is 4. The molecule has 0 saturated carbocycles. The summed E-state index contributed by atoms with van der Waals surface area (Å²) < 4.78 is 11.8. The van der Waals surface area contributed by atoms with E-state index in [1.54, 1.807) is 31.4 Å². The highest BCUT2D eigenvalue weighted by Crippen LogP contribution is 2.28. The van der Waals surface area contributed by atoms with Crippen molar-refractivity contribution in [2.24, 2.45) is 5.10 Å². The fourth-order valence-electron chi connectivity index (χ4n) is 3.26. The molecule has 3 aromatic carbocycles. The summed E-state index contributed by atoms with van der Waals surface area (Å²) in [6.07, 6.45) is 1.50. The Hall–Kier alpha value is -4.44. The van der Waals surface area contributed by atoms with Crippen molar-refractivity contribution in [2.75, 3.05) is 20.0 Å². The molecule has 0 aliphatic heterocycles. The van der Waals surface area contributed by atoms with E-state index in [9.17, 15) is 9.59 Å². The quantitative estimate of drug-likeness (QED) is 0.160. The molecule has 9 nitrogen and oxygen atoms in total. The second-order valence-corrected chi connectivity index (χ2v) is 8.34. The van der Waals surface area contributed by atoms with Gasteiger partial charge in [-0.15, -0.1) is 10.2 Å². The van der Waals surface area contributed by atoms with Gasteiger partial charge in [-0.3, -0.25) is 9.36 Å². The molecule has 1 aromatic heterocycles. The van der Waals surface area contributed by atoms with Crippen LogP contribution in [-0.2, 0) is 9.53 Å². The van der Waals surface area contributed by atoms with Crippen molar-refractivity contribution in [3.05, 3.63) is 90.0 Å². The van der Waals surface area contributed by atoms with E-state index in [0.29, 0.717) is 16.5 Å². The molecule has 0 radical (unpaired) electrons. The molecule has 10 heteroatoms. The Balaban J connectivity index is 1.44. The van der Waals surface area contributed by atoms with Crippen molar-refractivity contribution in [3.8, 4) is 22.8 Å². The number of thioether (sulfide) groups is 1. The lowest BCUT2D eigenvalue weighted by Gasteiger charge is -2.10. The van der Waals surface area contributed by atoms with E-state index < -0.39 is 5.97 Å². The van der Waals surface area contributed by atoms with Crippen LogP contribution in [0, 0.1) is 0 Å². The van der Waals surface area contributed by atoms with E-state index in [4.69, 9.17) is 4.74 Å². The summed E-state index contributed by atoms with van der Waals surface area (Å²) in [7, 11) is 2.94. The molecule has 0 bridgehead atoms. The number of hydrogen-bond donors (Lipinski definition) is 1. The Labute approximate surface area is 212 Å². The number of esters is 1. The van der Waals surface area contributed by atoms with Crippen LogP contribution in [-0.4, -0.2) is 52.8 Å². The van der Waals surface area contributed by atoms with Gasteiger partial charge >= 0.3 is 5.97 Å². The maximum absolute atomic E-state index is 12.4. The third-order valence-corrected chi connectivity index (χ3v) is 5.99. The maximum atomic E-state index is 12.4. The molecule has 36 heavy (non-hydrogen) atoms. The number of nitrogens with one attached hydrogen (secondary N) is 1. The van der Waals surface area contributed by atoms with E-state index in [2.05, 4.69) is 25.5 Å². The van der Waals surface area contributed by atoms with Gasteiger partial charge in [-0.1, -0.05) is 42.1 Å². The lowest BCUT2D eigenvalue weighted by Crippen LogP contribution is -2.20. The molecule has 0 aliphatic carbocycles. The third kappa shape index (κ3) is 5.97. The maximum Gasteiger partial charge on any atom is 0.337 e. The van der Waals surface area contributed by atoms with Crippen LogP contribution in [0.2, 0.25) is 0 Å². The topological polar surface area (TPSA) is 108 Å². The van der Waals surface area contributed by atoms with E-state index in [1.165, 1.54) is 25.1 Å². The normalized spacial score (nSPS) is 10.8. The number of hydrazone groups is 1. The highest BCUT2D eigenvalue weighted by atomic mass is 32.2. The van der Waals surface area contributed by atoms with E-state index in [-0.39, 0.29) is 11.7 Å². The summed E-state index contributed by atoms with van der Waals surface area (Å²) in [6, 6.07) is 23.9. The molecule has 0 fully saturated rings. The average Bonchev–Trinajstić information content (AvgIpc) is 3.36. The van der Waals surface area contributed by atoms with Crippen molar-refractivity contribution >= 4 is 29.9 Å². The van der Waals surface area contributed by atoms with Crippen LogP contribution in [0.3, 0.4) is 0 Å². The molecule has 1 heterocycles. The van der Waals surface area contributed by atoms with Crippen molar-refractivity contribution < 1.29 is 19.1 Å². The smallest absolute Gasteiger partial charge is 0.337 e. The summed E-state index contributed by atoms with van der Waals surface area (Å²) in [5.74, 6) is 0.779. The fourth-order valence-corrected chi connectivity index (χ4v) is 4.01. The second-order valence-electron chi connectivity index (χ2n) is 7.40. The SMILES string of the molecule is COC(=O)c1ccc(C=NNC(=O)CSc2nnc(-c3ccc(OC)cc3)n2-c2ccccc2)cc1. The molecule has 1 N–H and O–H groups in total. The monoisotopic (exact) mass is 501 g/mol. The lowest BCUT2D eigenvalue weighted by molar-refractivity contribution is -0.118. The van der Waals surface area contributed by atoms with Gasteiger partial charge in [0.1, 0.15) is 5.75 Å². The molecule has 4 aromatic rings. The van der Waals surface area contributed by atoms with E-state index in [1.807, 2.05) is 59.2 Å². The molecule has 0 atom stereocenters. The van der Waals surface area contributed by atoms with Gasteiger partial charge in [0.25, 0.3) is 5.91 Å². The van der Waals surface area contributed by atoms with Crippen LogP contribution in [0.25, 0.3) is 17.1 Å². The second kappa shape index (κ2) is 11.8. The predicted octanol–water partition coefficient (Wildman–Crippen LogP) is 3.97. The highest BCUT2D eigenvalue weighted by molar-refractivity contribution is 7.99. The number of carbonyl (C=O) groups is 2. The average molecular weight is 502 g/mol. The molecule has 182 valence electrons. The first kappa shape index (κ1) is 24.7. The number of amides is 1. The third-order valence-electron chi connectivity index (χ3n) is 5.06. The number of rotatable bonds is 9. The number of para-hydroxylation sites is 1. The largest absolute Gasteiger partial charge is 0.497 e. The first-order valence-electron chi connectivity index (χ1n) is 10.9. The predicted molar refractivity (Wildman–Crippen MR) is 138 cm³/mol. The number of ether oxygens (including phenoxy) is 2. The Morgan fingerprint density at radius 1 is 0.972 bits per heavy atom. The van der Waals surface area contributed by atoms with Gasteiger partial charge < -0.3 is 9.47 Å². The Kier molecular flexibility index (Phi) is 8.09. The molecule has 0 aliphatic rings. The molecular weight excluding hydrogens is 478 g/mol. The molecule has 0 unspecified atom stereocenters.